The maximum Gasteiger partial charge on any atom is 0.335 e. The van der Waals surface area contributed by atoms with E-state index in [-0.39, 0.29) is 6.04 Å². The molecule has 9 heteroatoms. The van der Waals surface area contributed by atoms with Gasteiger partial charge in [0.05, 0.1) is 11.3 Å². The maximum atomic E-state index is 11.9. The molecule has 6 aromatic rings. The van der Waals surface area contributed by atoms with Gasteiger partial charge < -0.3 is 14.9 Å². The van der Waals surface area contributed by atoms with E-state index in [9.17, 15) is 9.90 Å². The lowest BCUT2D eigenvalue weighted by molar-refractivity contribution is 0.0696. The smallest absolute Gasteiger partial charge is 0.335 e. The van der Waals surface area contributed by atoms with Gasteiger partial charge in [-0.25, -0.2) is 4.79 Å². The average Bonchev–Trinajstić information content (AvgIpc) is 3.72. The highest BCUT2D eigenvalue weighted by atomic mass is 32.1. The van der Waals surface area contributed by atoms with Crippen LogP contribution in [0.5, 0.6) is 0 Å². The molecule has 1 atom stereocenters. The molecular weight excluding hydrogens is 821 g/mol. The van der Waals surface area contributed by atoms with E-state index in [1.807, 2.05) is 30.4 Å². The maximum absolute atomic E-state index is 11.9. The molecule has 0 radical (unpaired) electrons. The van der Waals surface area contributed by atoms with Gasteiger partial charge in [-0.2, -0.15) is 0 Å². The quantitative estimate of drug-likeness (QED) is 0.164. The minimum atomic E-state index is -0.865. The topological polar surface area (TPSA) is 86.8 Å². The number of carboxylic acids is 1. The molecule has 3 aliphatic heterocycles. The molecule has 5 aliphatic rings. The van der Waals surface area contributed by atoms with E-state index in [1.165, 1.54) is 137 Å². The lowest BCUT2D eigenvalue weighted by atomic mass is 9.65. The van der Waals surface area contributed by atoms with Gasteiger partial charge in [0.25, 0.3) is 0 Å². The SMILES string of the molecule is Cc1sc2c(c1C)C(c1ccc(N3CC4(CCC(CN5CCC(c6ccc(C7=C(c8ccccc8)CCCc8cc(C(=O)O)ccc87)cc6)CC5)CC4)C3)cc1)=N[C@@H](C)c1nnc(C)n1-2. The number of thiophene rings is 1. The normalized spacial score (nSPS) is 20.1. The average molecular weight is 881 g/mol. The number of aryl methyl sites for hydroxylation is 3. The first-order chi connectivity index (χ1) is 31.6. The van der Waals surface area contributed by atoms with Crippen LogP contribution in [0.15, 0.2) is 102 Å². The van der Waals surface area contributed by atoms with E-state index in [1.54, 1.807) is 6.07 Å². The van der Waals surface area contributed by atoms with Gasteiger partial charge in [0.1, 0.15) is 16.9 Å². The molecular formula is C56H60N6O2S. The van der Waals surface area contributed by atoms with Gasteiger partial charge >= 0.3 is 5.97 Å². The van der Waals surface area contributed by atoms with Crippen molar-refractivity contribution in [2.45, 2.75) is 97.4 Å². The fraction of sp³-hybridized carbons (Fsp3) is 0.393. The van der Waals surface area contributed by atoms with Crippen molar-refractivity contribution in [2.75, 3.05) is 37.6 Å². The molecule has 2 saturated heterocycles. The van der Waals surface area contributed by atoms with E-state index in [0.29, 0.717) is 16.9 Å². The molecule has 0 unspecified atom stereocenters. The number of piperidine rings is 1. The summed E-state index contributed by atoms with van der Waals surface area (Å²) < 4.78 is 2.22. The highest BCUT2D eigenvalue weighted by Crippen LogP contribution is 2.48. The Bertz CT molecular complexity index is 2810. The van der Waals surface area contributed by atoms with Crippen molar-refractivity contribution in [2.24, 2.45) is 16.3 Å². The molecule has 5 heterocycles. The molecule has 11 rings (SSSR count). The number of hydrogen-bond donors (Lipinski definition) is 1. The number of rotatable bonds is 8. The highest BCUT2D eigenvalue weighted by molar-refractivity contribution is 7.15. The van der Waals surface area contributed by atoms with Crippen LogP contribution in [0.1, 0.15) is 142 Å². The third-order valence-electron chi connectivity index (χ3n) is 15.8. The lowest BCUT2D eigenvalue weighted by Crippen LogP contribution is -2.58. The summed E-state index contributed by atoms with van der Waals surface area (Å²) in [6, 6.07) is 35.0. The molecule has 0 amide bonds. The van der Waals surface area contributed by atoms with Crippen LogP contribution in [-0.2, 0) is 6.42 Å². The van der Waals surface area contributed by atoms with Gasteiger partial charge in [-0.1, -0.05) is 72.8 Å². The fourth-order valence-corrected chi connectivity index (χ4v) is 13.2. The van der Waals surface area contributed by atoms with Crippen LogP contribution >= 0.6 is 11.3 Å². The Morgan fingerprint density at radius 2 is 1.54 bits per heavy atom. The summed E-state index contributed by atoms with van der Waals surface area (Å²) in [5.74, 6) is 2.35. The molecule has 65 heavy (non-hydrogen) atoms. The molecule has 8 nitrogen and oxygen atoms in total. The monoisotopic (exact) mass is 880 g/mol. The van der Waals surface area contributed by atoms with Gasteiger partial charge in [0, 0.05) is 46.7 Å². The number of likely N-dealkylation sites (tertiary alicyclic amines) is 1. The van der Waals surface area contributed by atoms with Crippen molar-refractivity contribution in [1.29, 1.82) is 0 Å². The molecule has 1 saturated carbocycles. The number of aliphatic imine (C=N–C) groups is 1. The number of benzene rings is 4. The first kappa shape index (κ1) is 42.0. The first-order valence-corrected chi connectivity index (χ1v) is 24.9. The first-order valence-electron chi connectivity index (χ1n) is 24.0. The minimum absolute atomic E-state index is 0.0732. The number of anilines is 1. The van der Waals surface area contributed by atoms with Crippen LogP contribution in [0.4, 0.5) is 5.69 Å². The lowest BCUT2D eigenvalue weighted by Gasteiger charge is -2.55. The van der Waals surface area contributed by atoms with Crippen molar-refractivity contribution in [3.8, 4) is 5.00 Å². The van der Waals surface area contributed by atoms with E-state index in [2.05, 4.69) is 124 Å². The van der Waals surface area contributed by atoms with Gasteiger partial charge in [-0.05, 0) is 179 Å². The second-order valence-electron chi connectivity index (χ2n) is 19.9. The van der Waals surface area contributed by atoms with Gasteiger partial charge in [-0.15, -0.1) is 21.5 Å². The molecule has 0 bridgehead atoms. The Morgan fingerprint density at radius 3 is 2.26 bits per heavy atom. The van der Waals surface area contributed by atoms with E-state index in [0.717, 1.165) is 48.1 Å². The number of hydrogen-bond acceptors (Lipinski definition) is 7. The predicted octanol–water partition coefficient (Wildman–Crippen LogP) is 12.0. The molecule has 1 spiro atoms. The Morgan fingerprint density at radius 1 is 0.815 bits per heavy atom. The third kappa shape index (κ3) is 7.78. The van der Waals surface area contributed by atoms with Crippen LogP contribution in [-0.4, -0.2) is 69.2 Å². The Hall–Kier alpha value is -5.64. The van der Waals surface area contributed by atoms with Crippen LogP contribution in [0.3, 0.4) is 0 Å². The molecule has 2 aliphatic carbocycles. The van der Waals surface area contributed by atoms with Crippen molar-refractivity contribution < 1.29 is 9.90 Å². The number of aromatic carboxylic acids is 1. The number of allylic oxidation sites excluding steroid dienone is 1. The molecule has 332 valence electrons. The second-order valence-corrected chi connectivity index (χ2v) is 21.1. The molecule has 4 aromatic carbocycles. The standard InChI is InChI=1S/C56H60N6O2S/c1-35-37(3)65-54-50(35)52(57-36(2)53-59-58-38(4)62(53)54)44-17-20-47(21-18-44)61-33-56(34-61)27-23-39(24-28-56)32-60-29-25-41(26-30-60)40-13-15-43(16-14-40)51-48(42-9-6-5-7-10-42)12-8-11-45-31-46(55(63)64)19-22-49(45)51/h5-7,9-10,13-22,31,36,39,41H,8,11-12,23-30,32-34H2,1-4H3,(H,63,64)/t36-/m0/s1. The zero-order valence-electron chi connectivity index (χ0n) is 38.3. The number of carboxylic acid groups (broad SMARTS) is 1. The summed E-state index contributed by atoms with van der Waals surface area (Å²) in [5, 5.41) is 19.9. The largest absolute Gasteiger partial charge is 0.478 e. The van der Waals surface area contributed by atoms with Gasteiger partial charge in [0.15, 0.2) is 5.82 Å². The molecule has 3 fully saturated rings. The second kappa shape index (κ2) is 17.0. The minimum Gasteiger partial charge on any atom is -0.478 e. The van der Waals surface area contributed by atoms with Crippen molar-refractivity contribution in [3.05, 3.63) is 164 Å². The van der Waals surface area contributed by atoms with Crippen LogP contribution < -0.4 is 4.90 Å². The van der Waals surface area contributed by atoms with Crippen molar-refractivity contribution in [1.82, 2.24) is 19.7 Å². The number of aromatic nitrogens is 3. The van der Waals surface area contributed by atoms with Crippen molar-refractivity contribution >= 4 is 39.9 Å². The van der Waals surface area contributed by atoms with Gasteiger partial charge in [0.2, 0.25) is 0 Å². The Kier molecular flexibility index (Phi) is 11.0. The summed E-state index contributed by atoms with van der Waals surface area (Å²) in [4.78, 5) is 23.8. The summed E-state index contributed by atoms with van der Waals surface area (Å²) in [7, 11) is 0. The summed E-state index contributed by atoms with van der Waals surface area (Å²) in [6.45, 7) is 14.5. The van der Waals surface area contributed by atoms with E-state index in [4.69, 9.17) is 4.99 Å². The molecule has 2 aromatic heterocycles. The molecule has 1 N–H and O–H groups in total. The number of nitrogens with zero attached hydrogens (tertiary/aromatic N) is 6. The highest BCUT2D eigenvalue weighted by Gasteiger charge is 2.45. The van der Waals surface area contributed by atoms with Crippen LogP contribution in [0, 0.1) is 32.1 Å². The third-order valence-corrected chi connectivity index (χ3v) is 17.0. The van der Waals surface area contributed by atoms with E-state index < -0.39 is 5.97 Å². The zero-order valence-corrected chi connectivity index (χ0v) is 39.1. The van der Waals surface area contributed by atoms with Crippen LogP contribution in [0.2, 0.25) is 0 Å². The summed E-state index contributed by atoms with van der Waals surface area (Å²) in [5.41, 5.74) is 15.7. The Labute approximate surface area is 387 Å². The Balaban J connectivity index is 0.692. The summed E-state index contributed by atoms with van der Waals surface area (Å²) >= 11 is 1.82. The fourth-order valence-electron chi connectivity index (χ4n) is 12.0. The predicted molar refractivity (Wildman–Crippen MR) is 264 cm³/mol. The summed E-state index contributed by atoms with van der Waals surface area (Å²) in [6.07, 6.45) is 10.7. The number of fused-ring (bicyclic) bond motifs is 4. The van der Waals surface area contributed by atoms with Crippen LogP contribution in [0.25, 0.3) is 16.1 Å². The zero-order chi connectivity index (χ0) is 44.4. The van der Waals surface area contributed by atoms with Gasteiger partial charge in [-0.3, -0.25) is 9.56 Å². The van der Waals surface area contributed by atoms with Crippen molar-refractivity contribution in [3.63, 3.8) is 0 Å². The van der Waals surface area contributed by atoms with E-state index >= 15 is 0 Å². The number of carbonyl (C=O) groups is 1.